The van der Waals surface area contributed by atoms with E-state index in [1.165, 1.54) is 12.1 Å². The van der Waals surface area contributed by atoms with Crippen LogP contribution in [0.1, 0.15) is 10.4 Å². The smallest absolute Gasteiger partial charge is 0.231 e. The van der Waals surface area contributed by atoms with Crippen molar-refractivity contribution in [3.8, 4) is 11.5 Å². The summed E-state index contributed by atoms with van der Waals surface area (Å²) >= 11 is 0. The second kappa shape index (κ2) is 3.88. The summed E-state index contributed by atoms with van der Waals surface area (Å²) < 4.78 is 10.2. The third-order valence-corrected chi connectivity index (χ3v) is 2.13. The van der Waals surface area contributed by atoms with Crippen molar-refractivity contribution < 1.29 is 24.5 Å². The highest BCUT2D eigenvalue weighted by Crippen LogP contribution is 2.32. The number of fused-ring (bicyclic) bond motifs is 1. The molecule has 0 radical (unpaired) electrons. The Morgan fingerprint density at radius 1 is 1.40 bits per heavy atom. The third-order valence-electron chi connectivity index (χ3n) is 2.13. The van der Waals surface area contributed by atoms with Crippen LogP contribution in [-0.4, -0.2) is 35.5 Å². The van der Waals surface area contributed by atoms with Gasteiger partial charge in [0.05, 0.1) is 6.61 Å². The molecule has 1 aliphatic rings. The zero-order valence-electron chi connectivity index (χ0n) is 7.84. The van der Waals surface area contributed by atoms with Crippen molar-refractivity contribution in [1.82, 2.24) is 0 Å². The molecular weight excluding hydrogens is 200 g/mol. The number of carbonyl (C=O) groups is 1. The van der Waals surface area contributed by atoms with Crippen LogP contribution < -0.4 is 9.47 Å². The van der Waals surface area contributed by atoms with Gasteiger partial charge >= 0.3 is 0 Å². The van der Waals surface area contributed by atoms with Crippen molar-refractivity contribution in [2.75, 3.05) is 13.4 Å². The quantitative estimate of drug-likeness (QED) is 0.684. The normalized spacial score (nSPS) is 15.1. The zero-order valence-corrected chi connectivity index (χ0v) is 7.84. The SMILES string of the molecule is O=C(c1ccc2c(c1)OCO2)[C@H](O)CO. The summed E-state index contributed by atoms with van der Waals surface area (Å²) in [4.78, 5) is 11.5. The molecular formula is C10H10O5. The van der Waals surface area contributed by atoms with Gasteiger partial charge in [-0.3, -0.25) is 4.79 Å². The molecule has 0 saturated heterocycles. The Hall–Kier alpha value is -1.59. The Labute approximate surface area is 85.9 Å². The van der Waals surface area contributed by atoms with Gasteiger partial charge in [-0.25, -0.2) is 0 Å². The number of Topliss-reactive ketones (excluding diaryl/α,β-unsaturated/α-hetero) is 1. The number of ether oxygens (including phenoxy) is 2. The molecule has 80 valence electrons. The lowest BCUT2D eigenvalue weighted by molar-refractivity contribution is 0.0587. The van der Waals surface area contributed by atoms with Gasteiger partial charge in [-0.2, -0.15) is 0 Å². The van der Waals surface area contributed by atoms with Gasteiger partial charge in [-0.15, -0.1) is 0 Å². The Balaban J connectivity index is 2.26. The van der Waals surface area contributed by atoms with E-state index in [0.717, 1.165) is 0 Å². The fraction of sp³-hybridized carbons (Fsp3) is 0.300. The van der Waals surface area contributed by atoms with Gasteiger partial charge in [-0.1, -0.05) is 0 Å². The van der Waals surface area contributed by atoms with Crippen LogP contribution in [0.4, 0.5) is 0 Å². The summed E-state index contributed by atoms with van der Waals surface area (Å²) in [6, 6.07) is 4.61. The molecule has 0 saturated carbocycles. The highest BCUT2D eigenvalue weighted by Gasteiger charge is 2.20. The van der Waals surface area contributed by atoms with Crippen LogP contribution in [0.2, 0.25) is 0 Å². The molecule has 1 aromatic carbocycles. The fourth-order valence-electron chi connectivity index (χ4n) is 1.33. The largest absolute Gasteiger partial charge is 0.454 e. The van der Waals surface area contributed by atoms with Crippen LogP contribution >= 0.6 is 0 Å². The molecule has 1 heterocycles. The van der Waals surface area contributed by atoms with E-state index in [9.17, 15) is 4.79 Å². The molecule has 0 aromatic heterocycles. The topological polar surface area (TPSA) is 76.0 Å². The number of rotatable bonds is 3. The van der Waals surface area contributed by atoms with E-state index in [4.69, 9.17) is 19.7 Å². The minimum atomic E-state index is -1.38. The lowest BCUT2D eigenvalue weighted by Crippen LogP contribution is -2.24. The maximum Gasteiger partial charge on any atom is 0.231 e. The van der Waals surface area contributed by atoms with Crippen molar-refractivity contribution in [3.05, 3.63) is 23.8 Å². The molecule has 5 nitrogen and oxygen atoms in total. The van der Waals surface area contributed by atoms with E-state index < -0.39 is 18.5 Å². The van der Waals surface area contributed by atoms with E-state index in [0.29, 0.717) is 17.1 Å². The second-order valence-electron chi connectivity index (χ2n) is 3.13. The predicted octanol–water partition coefficient (Wildman–Crippen LogP) is -0.0488. The summed E-state index contributed by atoms with van der Waals surface area (Å²) in [6.07, 6.45) is -1.38. The maximum absolute atomic E-state index is 11.5. The molecule has 0 amide bonds. The third kappa shape index (κ3) is 1.79. The number of aliphatic hydroxyl groups excluding tert-OH is 2. The summed E-state index contributed by atoms with van der Waals surface area (Å²) in [6.45, 7) is -0.456. The molecule has 0 spiro atoms. The molecule has 5 heteroatoms. The molecule has 1 atom stereocenters. The Bertz CT molecular complexity index is 387. The molecule has 0 aliphatic carbocycles. The number of aliphatic hydroxyl groups is 2. The second-order valence-corrected chi connectivity index (χ2v) is 3.13. The first-order chi connectivity index (χ1) is 7.22. The maximum atomic E-state index is 11.5. The number of carbonyl (C=O) groups excluding carboxylic acids is 1. The summed E-state index contributed by atoms with van der Waals surface area (Å²) in [5, 5.41) is 17.8. The number of benzene rings is 1. The molecule has 0 fully saturated rings. The molecule has 1 aromatic rings. The average molecular weight is 210 g/mol. The minimum absolute atomic E-state index is 0.134. The summed E-state index contributed by atoms with van der Waals surface area (Å²) in [5.41, 5.74) is 0.292. The van der Waals surface area contributed by atoms with Crippen molar-refractivity contribution >= 4 is 5.78 Å². The molecule has 1 aliphatic heterocycles. The van der Waals surface area contributed by atoms with Crippen LogP contribution in [0, 0.1) is 0 Å². The van der Waals surface area contributed by atoms with E-state index in [1.807, 2.05) is 0 Å². The molecule has 2 N–H and O–H groups in total. The zero-order chi connectivity index (χ0) is 10.8. The van der Waals surface area contributed by atoms with E-state index in [2.05, 4.69) is 0 Å². The van der Waals surface area contributed by atoms with Crippen LogP contribution in [-0.2, 0) is 0 Å². The lowest BCUT2D eigenvalue weighted by Gasteiger charge is -2.06. The van der Waals surface area contributed by atoms with Gasteiger partial charge < -0.3 is 19.7 Å². The summed E-state index contributed by atoms with van der Waals surface area (Å²) in [7, 11) is 0. The van der Waals surface area contributed by atoms with Crippen LogP contribution in [0.5, 0.6) is 11.5 Å². The number of hydrogen-bond acceptors (Lipinski definition) is 5. The molecule has 15 heavy (non-hydrogen) atoms. The van der Waals surface area contributed by atoms with Crippen LogP contribution in [0.25, 0.3) is 0 Å². The highest BCUT2D eigenvalue weighted by molar-refractivity contribution is 5.99. The lowest BCUT2D eigenvalue weighted by atomic mass is 10.1. The summed E-state index contributed by atoms with van der Waals surface area (Å²) in [5.74, 6) is 0.520. The minimum Gasteiger partial charge on any atom is -0.454 e. The standard InChI is InChI=1S/C10H10O5/c11-4-7(12)10(13)6-1-2-8-9(3-6)15-5-14-8/h1-3,7,11-12H,4-5H2/t7-/m1/s1. The average Bonchev–Trinajstić information content (AvgIpc) is 2.73. The fourth-order valence-corrected chi connectivity index (χ4v) is 1.33. The van der Waals surface area contributed by atoms with Gasteiger partial charge in [0.15, 0.2) is 17.3 Å². The first-order valence-electron chi connectivity index (χ1n) is 4.45. The van der Waals surface area contributed by atoms with Crippen molar-refractivity contribution in [2.45, 2.75) is 6.10 Å². The van der Waals surface area contributed by atoms with E-state index in [1.54, 1.807) is 6.07 Å². The molecule has 0 unspecified atom stereocenters. The first-order valence-corrected chi connectivity index (χ1v) is 4.45. The van der Waals surface area contributed by atoms with Crippen molar-refractivity contribution in [3.63, 3.8) is 0 Å². The van der Waals surface area contributed by atoms with Crippen LogP contribution in [0.15, 0.2) is 18.2 Å². The highest BCUT2D eigenvalue weighted by atomic mass is 16.7. The monoisotopic (exact) mass is 210 g/mol. The number of hydrogen-bond donors (Lipinski definition) is 2. The van der Waals surface area contributed by atoms with E-state index in [-0.39, 0.29) is 6.79 Å². The number of ketones is 1. The van der Waals surface area contributed by atoms with Gasteiger partial charge in [-0.05, 0) is 18.2 Å². The van der Waals surface area contributed by atoms with Gasteiger partial charge in [0, 0.05) is 5.56 Å². The molecule has 0 bridgehead atoms. The van der Waals surface area contributed by atoms with E-state index >= 15 is 0 Å². The Morgan fingerprint density at radius 3 is 2.87 bits per heavy atom. The van der Waals surface area contributed by atoms with Gasteiger partial charge in [0.1, 0.15) is 6.10 Å². The van der Waals surface area contributed by atoms with Crippen LogP contribution in [0.3, 0.4) is 0 Å². The van der Waals surface area contributed by atoms with Gasteiger partial charge in [0.2, 0.25) is 6.79 Å². The first kappa shape index (κ1) is 9.95. The predicted molar refractivity (Wildman–Crippen MR) is 50.0 cm³/mol. The van der Waals surface area contributed by atoms with Crippen molar-refractivity contribution in [2.24, 2.45) is 0 Å². The Kier molecular flexibility index (Phi) is 2.57. The Morgan fingerprint density at radius 2 is 2.13 bits per heavy atom. The van der Waals surface area contributed by atoms with Gasteiger partial charge in [0.25, 0.3) is 0 Å². The van der Waals surface area contributed by atoms with Crippen molar-refractivity contribution in [1.29, 1.82) is 0 Å². The molecule has 2 rings (SSSR count).